The van der Waals surface area contributed by atoms with Gasteiger partial charge in [0.15, 0.2) is 5.78 Å². The molecule has 0 heterocycles. The predicted octanol–water partition coefficient (Wildman–Crippen LogP) is -1.35. The number of likely N-dealkylation sites (N-methyl/N-ethyl adjacent to an activating group) is 1. The van der Waals surface area contributed by atoms with E-state index >= 15 is 0 Å². The molecule has 0 saturated carbocycles. The lowest BCUT2D eigenvalue weighted by Crippen LogP contribution is -2.43. The Bertz CT molecular complexity index is 133. The van der Waals surface area contributed by atoms with Gasteiger partial charge >= 0.3 is 0 Å². The maximum absolute atomic E-state index is 10.5. The van der Waals surface area contributed by atoms with Crippen molar-refractivity contribution in [2.24, 2.45) is 5.73 Å². The molecule has 0 aromatic carbocycles. The molecule has 4 nitrogen and oxygen atoms in total. The van der Waals surface area contributed by atoms with Crippen LogP contribution in [0.5, 0.6) is 0 Å². The van der Waals surface area contributed by atoms with Crippen LogP contribution in [0.2, 0.25) is 0 Å². The Morgan fingerprint density at radius 3 is 2.11 bits per heavy atom. The summed E-state index contributed by atoms with van der Waals surface area (Å²) in [5.74, 6) is -0.767. The number of carbonyl (C=O) groups is 2. The molecule has 9 heavy (non-hydrogen) atoms. The van der Waals surface area contributed by atoms with Crippen LogP contribution in [0, 0.1) is 0 Å². The van der Waals surface area contributed by atoms with Crippen LogP contribution in [-0.4, -0.2) is 24.8 Å². The van der Waals surface area contributed by atoms with Gasteiger partial charge in [0.25, 0.3) is 0 Å². The third-order valence-electron chi connectivity index (χ3n) is 0.967. The highest BCUT2D eigenvalue weighted by Crippen LogP contribution is 1.78. The molecule has 0 aliphatic heterocycles. The summed E-state index contributed by atoms with van der Waals surface area (Å²) < 4.78 is 0. The van der Waals surface area contributed by atoms with Gasteiger partial charge in [0.1, 0.15) is 6.04 Å². The summed E-state index contributed by atoms with van der Waals surface area (Å²) in [6.07, 6.45) is 0. The molecule has 0 spiro atoms. The van der Waals surface area contributed by atoms with Crippen LogP contribution in [0.25, 0.3) is 0 Å². The van der Waals surface area contributed by atoms with Crippen molar-refractivity contribution in [3.8, 4) is 0 Å². The van der Waals surface area contributed by atoms with E-state index < -0.39 is 11.9 Å². The Kier molecular flexibility index (Phi) is 2.87. The first kappa shape index (κ1) is 8.10. The van der Waals surface area contributed by atoms with Gasteiger partial charge in [-0.15, -0.1) is 0 Å². The van der Waals surface area contributed by atoms with Crippen LogP contribution >= 0.6 is 0 Å². The van der Waals surface area contributed by atoms with Crippen LogP contribution in [0.1, 0.15) is 6.92 Å². The SMILES string of the molecule is CNC(=O)C(N)C(C)=O. The van der Waals surface area contributed by atoms with Gasteiger partial charge in [0.05, 0.1) is 0 Å². The topological polar surface area (TPSA) is 72.2 Å². The average molecular weight is 130 g/mol. The van der Waals surface area contributed by atoms with E-state index in [2.05, 4.69) is 5.32 Å². The van der Waals surface area contributed by atoms with Crippen molar-refractivity contribution >= 4 is 11.7 Å². The third-order valence-corrected chi connectivity index (χ3v) is 0.967. The highest BCUT2D eigenvalue weighted by Gasteiger charge is 2.15. The van der Waals surface area contributed by atoms with E-state index in [9.17, 15) is 9.59 Å². The second kappa shape index (κ2) is 3.19. The van der Waals surface area contributed by atoms with Gasteiger partial charge in [-0.25, -0.2) is 0 Å². The number of amides is 1. The smallest absolute Gasteiger partial charge is 0.244 e. The van der Waals surface area contributed by atoms with E-state index in [4.69, 9.17) is 5.73 Å². The minimum atomic E-state index is -1.00. The Hall–Kier alpha value is -0.900. The molecule has 4 heteroatoms. The number of ketones is 1. The first-order valence-electron chi connectivity index (χ1n) is 2.57. The van der Waals surface area contributed by atoms with Gasteiger partial charge in [-0.05, 0) is 6.92 Å². The number of hydrogen-bond acceptors (Lipinski definition) is 3. The summed E-state index contributed by atoms with van der Waals surface area (Å²) in [6, 6.07) is -1.00. The molecule has 1 unspecified atom stereocenters. The van der Waals surface area contributed by atoms with Gasteiger partial charge in [-0.2, -0.15) is 0 Å². The average Bonchev–Trinajstić information content (AvgIpc) is 1.84. The summed E-state index contributed by atoms with van der Waals surface area (Å²) in [5, 5.41) is 2.26. The normalized spacial score (nSPS) is 12.3. The fraction of sp³-hybridized carbons (Fsp3) is 0.600. The number of nitrogens with two attached hydrogens (primary N) is 1. The third kappa shape index (κ3) is 2.23. The molecule has 0 bridgehead atoms. The molecule has 0 rings (SSSR count). The van der Waals surface area contributed by atoms with Crippen molar-refractivity contribution in [1.82, 2.24) is 5.32 Å². The molecule has 0 aromatic heterocycles. The summed E-state index contributed by atoms with van der Waals surface area (Å²) in [6.45, 7) is 1.28. The van der Waals surface area contributed by atoms with E-state index in [0.29, 0.717) is 0 Å². The highest BCUT2D eigenvalue weighted by molar-refractivity contribution is 6.03. The summed E-state index contributed by atoms with van der Waals surface area (Å²) in [4.78, 5) is 20.9. The predicted molar refractivity (Wildman–Crippen MR) is 32.7 cm³/mol. The molecular weight excluding hydrogens is 120 g/mol. The zero-order valence-electron chi connectivity index (χ0n) is 5.47. The Morgan fingerprint density at radius 1 is 1.56 bits per heavy atom. The molecule has 0 radical (unpaired) electrons. The lowest BCUT2D eigenvalue weighted by molar-refractivity contribution is -0.128. The van der Waals surface area contributed by atoms with E-state index in [1.54, 1.807) is 0 Å². The van der Waals surface area contributed by atoms with Gasteiger partial charge in [0.2, 0.25) is 5.91 Å². The highest BCUT2D eigenvalue weighted by atomic mass is 16.2. The van der Waals surface area contributed by atoms with Crippen molar-refractivity contribution < 1.29 is 9.59 Å². The van der Waals surface area contributed by atoms with E-state index in [-0.39, 0.29) is 5.78 Å². The largest absolute Gasteiger partial charge is 0.357 e. The molecule has 0 fully saturated rings. The number of rotatable bonds is 2. The van der Waals surface area contributed by atoms with Crippen LogP contribution in [0.4, 0.5) is 0 Å². The maximum atomic E-state index is 10.5. The first-order chi connectivity index (χ1) is 4.09. The van der Waals surface area contributed by atoms with Gasteiger partial charge in [-0.1, -0.05) is 0 Å². The minimum Gasteiger partial charge on any atom is -0.357 e. The van der Waals surface area contributed by atoms with E-state index in [1.807, 2.05) is 0 Å². The van der Waals surface area contributed by atoms with Crippen LogP contribution in [0.3, 0.4) is 0 Å². The van der Waals surface area contributed by atoms with Gasteiger partial charge in [0, 0.05) is 7.05 Å². The summed E-state index contributed by atoms with van der Waals surface area (Å²) in [5.41, 5.74) is 5.11. The molecule has 52 valence electrons. The molecule has 0 aliphatic rings. The van der Waals surface area contributed by atoms with Crippen LogP contribution < -0.4 is 11.1 Å². The van der Waals surface area contributed by atoms with Crippen molar-refractivity contribution in [2.45, 2.75) is 13.0 Å². The fourth-order valence-electron chi connectivity index (χ4n) is 0.340. The fourth-order valence-corrected chi connectivity index (χ4v) is 0.340. The Balaban J connectivity index is 3.88. The number of hydrogen-bond donors (Lipinski definition) is 2. The molecule has 3 N–H and O–H groups in total. The number of Topliss-reactive ketones (excluding diaryl/α,β-unsaturated/α-hetero) is 1. The van der Waals surface area contributed by atoms with Crippen molar-refractivity contribution in [2.75, 3.05) is 7.05 Å². The zero-order valence-corrected chi connectivity index (χ0v) is 5.47. The lowest BCUT2D eigenvalue weighted by atomic mass is 10.2. The summed E-state index contributed by atoms with van der Waals surface area (Å²) in [7, 11) is 1.44. The number of carbonyl (C=O) groups excluding carboxylic acids is 2. The molecule has 1 atom stereocenters. The van der Waals surface area contributed by atoms with Gasteiger partial charge < -0.3 is 11.1 Å². The monoisotopic (exact) mass is 130 g/mol. The van der Waals surface area contributed by atoms with Crippen LogP contribution in [-0.2, 0) is 9.59 Å². The quantitative estimate of drug-likeness (QED) is 0.454. The molecule has 0 aliphatic carbocycles. The van der Waals surface area contributed by atoms with Crippen molar-refractivity contribution in [3.05, 3.63) is 0 Å². The zero-order chi connectivity index (χ0) is 7.44. The second-order valence-electron chi connectivity index (χ2n) is 1.70. The van der Waals surface area contributed by atoms with E-state index in [0.717, 1.165) is 0 Å². The van der Waals surface area contributed by atoms with Gasteiger partial charge in [-0.3, -0.25) is 9.59 Å². The Labute approximate surface area is 53.4 Å². The maximum Gasteiger partial charge on any atom is 0.244 e. The van der Waals surface area contributed by atoms with Crippen molar-refractivity contribution in [3.63, 3.8) is 0 Å². The second-order valence-corrected chi connectivity index (χ2v) is 1.70. The summed E-state index contributed by atoms with van der Waals surface area (Å²) >= 11 is 0. The molecule has 0 saturated heterocycles. The molecular formula is C5H10N2O2. The Morgan fingerprint density at radius 2 is 2.00 bits per heavy atom. The minimum absolute atomic E-state index is 0.325. The van der Waals surface area contributed by atoms with Crippen LogP contribution in [0.15, 0.2) is 0 Å². The molecule has 1 amide bonds. The van der Waals surface area contributed by atoms with E-state index in [1.165, 1.54) is 14.0 Å². The first-order valence-corrected chi connectivity index (χ1v) is 2.57. The number of nitrogens with one attached hydrogen (secondary N) is 1. The van der Waals surface area contributed by atoms with Crippen molar-refractivity contribution in [1.29, 1.82) is 0 Å². The standard InChI is InChI=1S/C5H10N2O2/c1-3(8)4(6)5(9)7-2/h4H,6H2,1-2H3,(H,7,9). The molecule has 0 aromatic rings. The lowest BCUT2D eigenvalue weighted by Gasteiger charge is -2.03.